The van der Waals surface area contributed by atoms with Gasteiger partial charge < -0.3 is 4.74 Å². The van der Waals surface area contributed by atoms with Crippen LogP contribution < -0.4 is 4.74 Å². The van der Waals surface area contributed by atoms with Gasteiger partial charge in [0.05, 0.1) is 0 Å². The Morgan fingerprint density at radius 1 is 1.47 bits per heavy atom. The molecule has 0 saturated heterocycles. The minimum Gasteiger partial charge on any atom is -0.490 e. The first-order valence-corrected chi connectivity index (χ1v) is 7.07. The minimum absolute atomic E-state index is 0.235. The summed E-state index contributed by atoms with van der Waals surface area (Å²) in [5.74, 6) is 0.288. The highest BCUT2D eigenvalue weighted by atomic mass is 35.7. The van der Waals surface area contributed by atoms with Crippen molar-refractivity contribution in [2.24, 2.45) is 0 Å². The van der Waals surface area contributed by atoms with E-state index in [1.165, 1.54) is 0 Å². The van der Waals surface area contributed by atoms with Crippen LogP contribution in [0, 0.1) is 0 Å². The van der Waals surface area contributed by atoms with E-state index in [0.717, 1.165) is 0 Å². The fourth-order valence-corrected chi connectivity index (χ4v) is 2.43. The van der Waals surface area contributed by atoms with Crippen molar-refractivity contribution >= 4 is 31.3 Å². The molecule has 0 aliphatic carbocycles. The molecule has 0 aromatic heterocycles. The van der Waals surface area contributed by atoms with E-state index in [4.69, 9.17) is 27.0 Å². The molecule has 0 saturated carbocycles. The summed E-state index contributed by atoms with van der Waals surface area (Å²) in [4.78, 5) is 0. The van der Waals surface area contributed by atoms with Gasteiger partial charge in [0.2, 0.25) is 9.05 Å². The zero-order valence-electron chi connectivity index (χ0n) is 7.98. The zero-order chi connectivity index (χ0) is 11.5. The molecule has 0 aliphatic rings. The van der Waals surface area contributed by atoms with Crippen LogP contribution >= 0.6 is 22.3 Å². The van der Waals surface area contributed by atoms with E-state index in [-0.39, 0.29) is 5.75 Å². The lowest BCUT2D eigenvalue weighted by Crippen LogP contribution is -2.20. The SMILES string of the molecule is CC(CS(=O)(=O)Cl)Oc1cccc(Cl)c1. The fraction of sp³-hybridized carbons (Fsp3) is 0.333. The minimum atomic E-state index is -3.54. The van der Waals surface area contributed by atoms with E-state index in [2.05, 4.69) is 0 Å². The summed E-state index contributed by atoms with van der Waals surface area (Å²) >= 11 is 5.74. The third-order valence-electron chi connectivity index (χ3n) is 1.57. The molecule has 6 heteroatoms. The molecule has 84 valence electrons. The molecule has 1 aromatic carbocycles. The largest absolute Gasteiger partial charge is 0.490 e. The van der Waals surface area contributed by atoms with Crippen molar-refractivity contribution in [2.45, 2.75) is 13.0 Å². The Morgan fingerprint density at radius 3 is 2.67 bits per heavy atom. The number of hydrogen-bond donors (Lipinski definition) is 0. The van der Waals surface area contributed by atoms with Gasteiger partial charge in [-0.25, -0.2) is 8.42 Å². The Hall–Kier alpha value is -0.450. The van der Waals surface area contributed by atoms with Crippen molar-refractivity contribution in [1.82, 2.24) is 0 Å². The highest BCUT2D eigenvalue weighted by molar-refractivity contribution is 8.13. The topological polar surface area (TPSA) is 43.4 Å². The van der Waals surface area contributed by atoms with Crippen LogP contribution in [-0.4, -0.2) is 20.3 Å². The van der Waals surface area contributed by atoms with Crippen LogP contribution in [0.2, 0.25) is 5.02 Å². The molecule has 0 fully saturated rings. The maximum Gasteiger partial charge on any atom is 0.236 e. The summed E-state index contributed by atoms with van der Waals surface area (Å²) in [6.07, 6.45) is -0.508. The molecule has 1 aromatic rings. The summed E-state index contributed by atoms with van der Waals surface area (Å²) < 4.78 is 26.8. The number of rotatable bonds is 4. The lowest BCUT2D eigenvalue weighted by atomic mass is 10.3. The van der Waals surface area contributed by atoms with Crippen molar-refractivity contribution in [2.75, 3.05) is 5.75 Å². The number of ether oxygens (including phenoxy) is 1. The summed E-state index contributed by atoms with van der Waals surface area (Å²) in [6, 6.07) is 6.74. The van der Waals surface area contributed by atoms with Crippen LogP contribution in [0.3, 0.4) is 0 Å². The maximum absolute atomic E-state index is 10.8. The monoisotopic (exact) mass is 268 g/mol. The summed E-state index contributed by atoms with van der Waals surface area (Å²) in [7, 11) is 1.55. The van der Waals surface area contributed by atoms with E-state index >= 15 is 0 Å². The van der Waals surface area contributed by atoms with Gasteiger partial charge in [-0.15, -0.1) is 0 Å². The van der Waals surface area contributed by atoms with Gasteiger partial charge in [-0.2, -0.15) is 0 Å². The van der Waals surface area contributed by atoms with E-state index in [0.29, 0.717) is 10.8 Å². The van der Waals surface area contributed by atoms with Crippen molar-refractivity contribution in [1.29, 1.82) is 0 Å². The van der Waals surface area contributed by atoms with Gasteiger partial charge in [0.15, 0.2) is 0 Å². The van der Waals surface area contributed by atoms with Gasteiger partial charge in [0.25, 0.3) is 0 Å². The van der Waals surface area contributed by atoms with Crippen LogP contribution in [0.15, 0.2) is 24.3 Å². The van der Waals surface area contributed by atoms with Gasteiger partial charge in [-0.1, -0.05) is 17.7 Å². The molecule has 0 aliphatic heterocycles. The van der Waals surface area contributed by atoms with Crippen molar-refractivity contribution in [3.8, 4) is 5.75 Å². The van der Waals surface area contributed by atoms with E-state index in [9.17, 15) is 8.42 Å². The van der Waals surface area contributed by atoms with Crippen LogP contribution in [0.5, 0.6) is 5.75 Å². The van der Waals surface area contributed by atoms with Gasteiger partial charge in [0.1, 0.15) is 17.6 Å². The Labute approximate surface area is 98.4 Å². The number of halogens is 2. The summed E-state index contributed by atoms with van der Waals surface area (Å²) in [6.45, 7) is 1.63. The lowest BCUT2D eigenvalue weighted by molar-refractivity contribution is 0.245. The Morgan fingerprint density at radius 2 is 2.13 bits per heavy atom. The molecule has 1 atom stereocenters. The van der Waals surface area contributed by atoms with Crippen molar-refractivity contribution in [3.05, 3.63) is 29.3 Å². The van der Waals surface area contributed by atoms with E-state index in [1.54, 1.807) is 31.2 Å². The average molecular weight is 269 g/mol. The average Bonchev–Trinajstić information content (AvgIpc) is 1.99. The Bertz CT molecular complexity index is 431. The molecule has 0 heterocycles. The number of hydrogen-bond acceptors (Lipinski definition) is 3. The van der Waals surface area contributed by atoms with E-state index in [1.807, 2.05) is 0 Å². The lowest BCUT2D eigenvalue weighted by Gasteiger charge is -2.12. The van der Waals surface area contributed by atoms with Crippen LogP contribution in [0.25, 0.3) is 0 Å². The second kappa shape index (κ2) is 5.05. The molecule has 1 rings (SSSR count). The third-order valence-corrected chi connectivity index (χ3v) is 3.05. The molecule has 1 unspecified atom stereocenters. The third kappa shape index (κ3) is 5.25. The quantitative estimate of drug-likeness (QED) is 0.789. The summed E-state index contributed by atoms with van der Waals surface area (Å²) in [5.41, 5.74) is 0. The predicted molar refractivity (Wildman–Crippen MR) is 61.2 cm³/mol. The second-order valence-corrected chi connectivity index (χ2v) is 6.35. The number of benzene rings is 1. The van der Waals surface area contributed by atoms with Gasteiger partial charge in [0, 0.05) is 15.7 Å². The Kier molecular flexibility index (Phi) is 4.25. The van der Waals surface area contributed by atoms with Crippen LogP contribution in [-0.2, 0) is 9.05 Å². The zero-order valence-corrected chi connectivity index (χ0v) is 10.3. The fourth-order valence-electron chi connectivity index (χ4n) is 1.09. The molecule has 15 heavy (non-hydrogen) atoms. The first-order valence-electron chi connectivity index (χ1n) is 4.21. The van der Waals surface area contributed by atoms with Gasteiger partial charge in [-0.05, 0) is 25.1 Å². The highest BCUT2D eigenvalue weighted by Gasteiger charge is 2.13. The molecular weight excluding hydrogens is 259 g/mol. The molecule has 0 amide bonds. The van der Waals surface area contributed by atoms with Gasteiger partial charge in [-0.3, -0.25) is 0 Å². The predicted octanol–water partition coefficient (Wildman–Crippen LogP) is 2.68. The molecule has 3 nitrogen and oxygen atoms in total. The molecule has 0 bridgehead atoms. The molecule has 0 radical (unpaired) electrons. The van der Waals surface area contributed by atoms with E-state index < -0.39 is 15.2 Å². The van der Waals surface area contributed by atoms with Crippen LogP contribution in [0.4, 0.5) is 0 Å². The first kappa shape index (κ1) is 12.6. The van der Waals surface area contributed by atoms with Crippen molar-refractivity contribution < 1.29 is 13.2 Å². The molecule has 0 spiro atoms. The molecular formula is C9H10Cl2O3S. The maximum atomic E-state index is 10.8. The smallest absolute Gasteiger partial charge is 0.236 e. The first-order chi connectivity index (χ1) is 6.87. The Balaban J connectivity index is 2.63. The van der Waals surface area contributed by atoms with Gasteiger partial charge >= 0.3 is 0 Å². The standard InChI is InChI=1S/C9H10Cl2O3S/c1-7(6-15(11,12)13)14-9-4-2-3-8(10)5-9/h2-5,7H,6H2,1H3. The van der Waals surface area contributed by atoms with Crippen LogP contribution in [0.1, 0.15) is 6.92 Å². The highest BCUT2D eigenvalue weighted by Crippen LogP contribution is 2.18. The second-order valence-electron chi connectivity index (χ2n) is 3.09. The van der Waals surface area contributed by atoms with Crippen molar-refractivity contribution in [3.63, 3.8) is 0 Å². The molecule has 0 N–H and O–H groups in total. The summed E-state index contributed by atoms with van der Waals surface area (Å²) in [5, 5.41) is 0.536. The normalized spacial score (nSPS) is 13.5.